The molecule has 1 aromatic rings. The van der Waals surface area contributed by atoms with Crippen molar-refractivity contribution in [3.8, 4) is 0 Å². The van der Waals surface area contributed by atoms with Crippen molar-refractivity contribution in [3.05, 3.63) is 29.3 Å². The Hall–Kier alpha value is -1.55. The van der Waals surface area contributed by atoms with Crippen LogP contribution in [0.5, 0.6) is 0 Å². The Bertz CT molecular complexity index is 890. The van der Waals surface area contributed by atoms with Crippen molar-refractivity contribution < 1.29 is 26.3 Å². The van der Waals surface area contributed by atoms with Gasteiger partial charge in [0.1, 0.15) is 0 Å². The third kappa shape index (κ3) is 4.22. The summed E-state index contributed by atoms with van der Waals surface area (Å²) in [7, 11) is 0. The fraction of sp³-hybridized carbons (Fsp3) is 0.696. The van der Waals surface area contributed by atoms with Crippen molar-refractivity contribution >= 4 is 23.0 Å². The summed E-state index contributed by atoms with van der Waals surface area (Å²) >= 11 is 5.41. The predicted octanol–water partition coefficient (Wildman–Crippen LogP) is 6.30. The van der Waals surface area contributed by atoms with Crippen LogP contribution >= 0.6 is 12.2 Å². The van der Waals surface area contributed by atoms with Gasteiger partial charge in [-0.15, -0.1) is 0 Å². The maximum Gasteiger partial charge on any atom is 0.416 e. The SMILES string of the molecule is CC1(C)C2CCC1(C)[C@@H](NC(=S)Nc1cc(C(F)(F)F)cc(C(F)(F)F)c1)[C@@H]2N1CCCC1. The first-order chi connectivity index (χ1) is 15.1. The Kier molecular flexibility index (Phi) is 5.96. The second kappa shape index (κ2) is 8.00. The van der Waals surface area contributed by atoms with Gasteiger partial charge in [0.25, 0.3) is 0 Å². The van der Waals surface area contributed by atoms with Crippen LogP contribution in [0, 0.1) is 16.7 Å². The van der Waals surface area contributed by atoms with Gasteiger partial charge in [-0.2, -0.15) is 26.3 Å². The molecule has 10 heteroatoms. The summed E-state index contributed by atoms with van der Waals surface area (Å²) in [6.07, 6.45) is -5.46. The molecular weight excluding hydrogens is 464 g/mol. The average Bonchev–Trinajstić information content (AvgIpc) is 3.32. The zero-order valence-electron chi connectivity index (χ0n) is 18.8. The molecule has 0 radical (unpaired) electrons. The molecule has 1 heterocycles. The number of hydrogen-bond acceptors (Lipinski definition) is 2. The highest BCUT2D eigenvalue weighted by molar-refractivity contribution is 7.80. The first-order valence-electron chi connectivity index (χ1n) is 11.3. The molecule has 4 rings (SSSR count). The normalized spacial score (nSPS) is 31.7. The summed E-state index contributed by atoms with van der Waals surface area (Å²) < 4.78 is 79.3. The summed E-state index contributed by atoms with van der Waals surface area (Å²) in [5, 5.41) is 5.97. The number of fused-ring (bicyclic) bond motifs is 2. The van der Waals surface area contributed by atoms with Gasteiger partial charge < -0.3 is 10.6 Å². The Morgan fingerprint density at radius 3 is 2.03 bits per heavy atom. The van der Waals surface area contributed by atoms with Crippen molar-refractivity contribution in [1.82, 2.24) is 10.2 Å². The highest BCUT2D eigenvalue weighted by Gasteiger charge is 2.67. The van der Waals surface area contributed by atoms with Crippen LogP contribution in [-0.2, 0) is 12.4 Å². The van der Waals surface area contributed by atoms with E-state index < -0.39 is 23.5 Å². The van der Waals surface area contributed by atoms with Crippen molar-refractivity contribution in [2.45, 2.75) is 70.9 Å². The summed E-state index contributed by atoms with van der Waals surface area (Å²) in [5.41, 5.74) is -3.13. The number of alkyl halides is 6. The molecule has 1 saturated heterocycles. The number of halogens is 6. The molecule has 0 spiro atoms. The molecule has 1 aliphatic heterocycles. The molecule has 0 amide bonds. The van der Waals surface area contributed by atoms with Crippen molar-refractivity contribution in [1.29, 1.82) is 0 Å². The van der Waals surface area contributed by atoms with Gasteiger partial charge in [-0.1, -0.05) is 20.8 Å². The molecule has 1 aromatic carbocycles. The smallest absolute Gasteiger partial charge is 0.358 e. The average molecular weight is 494 g/mol. The first-order valence-corrected chi connectivity index (χ1v) is 11.7. The molecule has 2 saturated carbocycles. The Labute approximate surface area is 195 Å². The molecule has 2 N–H and O–H groups in total. The fourth-order valence-corrected chi connectivity index (χ4v) is 6.66. The minimum Gasteiger partial charge on any atom is -0.358 e. The molecule has 3 fully saturated rings. The molecule has 2 aliphatic carbocycles. The van der Waals surface area contributed by atoms with Gasteiger partial charge in [0.2, 0.25) is 0 Å². The monoisotopic (exact) mass is 493 g/mol. The van der Waals surface area contributed by atoms with E-state index in [1.807, 2.05) is 0 Å². The van der Waals surface area contributed by atoms with E-state index in [1.54, 1.807) is 0 Å². The van der Waals surface area contributed by atoms with E-state index in [1.165, 1.54) is 0 Å². The number of benzene rings is 1. The summed E-state index contributed by atoms with van der Waals surface area (Å²) in [4.78, 5) is 2.48. The van der Waals surface area contributed by atoms with E-state index in [2.05, 4.69) is 36.3 Å². The second-order valence-corrected chi connectivity index (χ2v) is 10.8. The predicted molar refractivity (Wildman–Crippen MR) is 119 cm³/mol. The van der Waals surface area contributed by atoms with E-state index in [0.717, 1.165) is 38.8 Å². The van der Waals surface area contributed by atoms with Gasteiger partial charge in [-0.3, -0.25) is 4.90 Å². The quantitative estimate of drug-likeness (QED) is 0.382. The Balaban J connectivity index is 1.59. The zero-order chi connectivity index (χ0) is 24.4. The molecule has 2 bridgehead atoms. The van der Waals surface area contributed by atoms with Gasteiger partial charge in [0.15, 0.2) is 5.11 Å². The number of nitrogens with one attached hydrogen (secondary N) is 2. The lowest BCUT2D eigenvalue weighted by atomic mass is 9.69. The molecule has 4 atom stereocenters. The molecule has 184 valence electrons. The van der Waals surface area contributed by atoms with Crippen molar-refractivity contribution in [2.75, 3.05) is 18.4 Å². The lowest BCUT2D eigenvalue weighted by Crippen LogP contribution is -2.57. The maximum atomic E-state index is 13.2. The van der Waals surface area contributed by atoms with Crippen LogP contribution in [0.2, 0.25) is 0 Å². The van der Waals surface area contributed by atoms with Gasteiger partial charge in [-0.05, 0) is 85.9 Å². The standard InChI is InChI=1S/C23H29F6N3S/c1-20(2)16-6-7-21(20,3)18(17(16)32-8-4-5-9-32)31-19(33)30-15-11-13(22(24,25)26)10-14(12-15)23(27,28)29/h10-12,16-18H,4-9H2,1-3H3,(H2,30,31,33)/t16?,17-,18+,21?/m1/s1. The second-order valence-electron chi connectivity index (χ2n) is 10.4. The summed E-state index contributed by atoms with van der Waals surface area (Å²) in [6.45, 7) is 8.72. The van der Waals surface area contributed by atoms with Crippen LogP contribution in [-0.4, -0.2) is 35.2 Å². The van der Waals surface area contributed by atoms with Gasteiger partial charge in [0.05, 0.1) is 11.1 Å². The number of anilines is 1. The summed E-state index contributed by atoms with van der Waals surface area (Å²) in [6, 6.07) is 1.62. The lowest BCUT2D eigenvalue weighted by Gasteiger charge is -2.43. The molecule has 33 heavy (non-hydrogen) atoms. The highest BCUT2D eigenvalue weighted by atomic mass is 32.1. The lowest BCUT2D eigenvalue weighted by molar-refractivity contribution is -0.143. The van der Waals surface area contributed by atoms with E-state index in [0.29, 0.717) is 18.1 Å². The largest absolute Gasteiger partial charge is 0.416 e. The molecule has 2 unspecified atom stereocenters. The zero-order valence-corrected chi connectivity index (χ0v) is 19.6. The van der Waals surface area contributed by atoms with E-state index in [-0.39, 0.29) is 39.8 Å². The van der Waals surface area contributed by atoms with Crippen LogP contribution in [0.15, 0.2) is 18.2 Å². The van der Waals surface area contributed by atoms with E-state index in [9.17, 15) is 26.3 Å². The van der Waals surface area contributed by atoms with Crippen LogP contribution in [0.3, 0.4) is 0 Å². The van der Waals surface area contributed by atoms with Crippen LogP contribution in [0.1, 0.15) is 57.6 Å². The van der Waals surface area contributed by atoms with Crippen LogP contribution < -0.4 is 10.6 Å². The maximum absolute atomic E-state index is 13.2. The van der Waals surface area contributed by atoms with Crippen LogP contribution in [0.25, 0.3) is 0 Å². The summed E-state index contributed by atoms with van der Waals surface area (Å²) in [5.74, 6) is 0.450. The molecular formula is C23H29F6N3S. The number of thiocarbonyl (C=S) groups is 1. The number of likely N-dealkylation sites (tertiary alicyclic amines) is 1. The van der Waals surface area contributed by atoms with Crippen molar-refractivity contribution in [3.63, 3.8) is 0 Å². The third-order valence-electron chi connectivity index (χ3n) is 8.51. The van der Waals surface area contributed by atoms with Crippen molar-refractivity contribution in [2.24, 2.45) is 16.7 Å². The van der Waals surface area contributed by atoms with Crippen LogP contribution in [0.4, 0.5) is 32.0 Å². The third-order valence-corrected chi connectivity index (χ3v) is 8.73. The minimum atomic E-state index is -4.91. The first kappa shape index (κ1) is 24.6. The highest BCUT2D eigenvalue weighted by Crippen LogP contribution is 2.66. The van der Waals surface area contributed by atoms with E-state index >= 15 is 0 Å². The van der Waals surface area contributed by atoms with Gasteiger partial charge in [0, 0.05) is 17.8 Å². The molecule has 3 aliphatic rings. The minimum absolute atomic E-state index is 0.0349. The number of rotatable bonds is 3. The molecule has 0 aromatic heterocycles. The van der Waals surface area contributed by atoms with Gasteiger partial charge >= 0.3 is 12.4 Å². The number of nitrogens with zero attached hydrogens (tertiary/aromatic N) is 1. The topological polar surface area (TPSA) is 27.3 Å². The number of hydrogen-bond donors (Lipinski definition) is 2. The Morgan fingerprint density at radius 1 is 0.970 bits per heavy atom. The van der Waals surface area contributed by atoms with Gasteiger partial charge in [-0.25, -0.2) is 0 Å². The van der Waals surface area contributed by atoms with E-state index in [4.69, 9.17) is 12.2 Å². The fourth-order valence-electron chi connectivity index (χ4n) is 6.41. The molecule has 3 nitrogen and oxygen atoms in total. The Morgan fingerprint density at radius 2 is 1.52 bits per heavy atom.